The Balaban J connectivity index is 2.95. The molecular weight excluding hydrogens is 288 g/mol. The van der Waals surface area contributed by atoms with E-state index >= 15 is 0 Å². The number of aryl methyl sites for hydroxylation is 1. The van der Waals surface area contributed by atoms with Crippen LogP contribution < -0.4 is 4.72 Å². The molecule has 5 nitrogen and oxygen atoms in total. The predicted octanol–water partition coefficient (Wildman–Crippen LogP) is 2.63. The summed E-state index contributed by atoms with van der Waals surface area (Å²) in [6, 6.07) is 1.58. The molecule has 1 atom stereocenters. The van der Waals surface area contributed by atoms with Crippen molar-refractivity contribution in [2.45, 2.75) is 38.4 Å². The molecule has 0 aliphatic rings. The van der Waals surface area contributed by atoms with Gasteiger partial charge in [0.05, 0.1) is 28.5 Å². The molecule has 0 saturated heterocycles. The Morgan fingerprint density at radius 2 is 2.21 bits per heavy atom. The Kier molecular flexibility index (Phi) is 5.46. The van der Waals surface area contributed by atoms with Gasteiger partial charge in [0.1, 0.15) is 10.4 Å². The van der Waals surface area contributed by atoms with E-state index in [0.29, 0.717) is 16.4 Å². The molecule has 0 aliphatic heterocycles. The Labute approximate surface area is 120 Å². The summed E-state index contributed by atoms with van der Waals surface area (Å²) in [5.74, 6) is -0.912. The molecule has 1 aromatic rings. The first-order valence-electron chi connectivity index (χ1n) is 5.75. The molecule has 0 radical (unpaired) electrons. The van der Waals surface area contributed by atoms with Gasteiger partial charge in [0, 0.05) is 12.6 Å². The van der Waals surface area contributed by atoms with Crippen molar-refractivity contribution in [2.24, 2.45) is 0 Å². The molecular formula is C12H17ClN2O3S. The average Bonchev–Trinajstić information content (AvgIpc) is 2.28. The van der Waals surface area contributed by atoms with Crippen molar-refractivity contribution in [3.63, 3.8) is 0 Å². The number of nitrogens with zero attached hydrogens (tertiary/aromatic N) is 1. The van der Waals surface area contributed by atoms with Gasteiger partial charge in [0.25, 0.3) is 0 Å². The van der Waals surface area contributed by atoms with E-state index in [1.165, 1.54) is 6.20 Å². The molecule has 1 rings (SSSR count). The quantitative estimate of drug-likeness (QED) is 0.817. The number of hydrogen-bond donors (Lipinski definition) is 2. The fourth-order valence-electron chi connectivity index (χ4n) is 1.25. The lowest BCUT2D eigenvalue weighted by atomic mass is 10.2. The number of rotatable bonds is 5. The molecule has 0 spiro atoms. The number of nitrogens with one attached hydrogen (secondary N) is 1. The fourth-order valence-corrected chi connectivity index (χ4v) is 2.23. The summed E-state index contributed by atoms with van der Waals surface area (Å²) >= 11 is 4.71. The zero-order valence-corrected chi connectivity index (χ0v) is 12.6. The molecule has 1 aromatic heterocycles. The van der Waals surface area contributed by atoms with Gasteiger partial charge < -0.3 is 9.66 Å². The normalized spacial score (nSPS) is 13.1. The molecule has 7 heteroatoms. The van der Waals surface area contributed by atoms with Gasteiger partial charge >= 0.3 is 5.97 Å². The second-order valence-corrected chi connectivity index (χ2v) is 7.36. The second-order valence-electron chi connectivity index (χ2n) is 4.99. The van der Waals surface area contributed by atoms with Crippen molar-refractivity contribution in [3.05, 3.63) is 23.0 Å². The lowest BCUT2D eigenvalue weighted by Crippen LogP contribution is -2.34. The first-order chi connectivity index (χ1) is 8.71. The Morgan fingerprint density at radius 1 is 1.58 bits per heavy atom. The minimum atomic E-state index is -1.35. The van der Waals surface area contributed by atoms with Crippen LogP contribution in [0.5, 0.6) is 0 Å². The number of hydrogen-bond acceptors (Lipinski definition) is 4. The van der Waals surface area contributed by atoms with Gasteiger partial charge in [0.15, 0.2) is 0 Å². The van der Waals surface area contributed by atoms with Crippen LogP contribution in [0.25, 0.3) is 0 Å². The van der Waals surface area contributed by atoms with Gasteiger partial charge in [-0.1, -0.05) is 11.6 Å². The van der Waals surface area contributed by atoms with Crippen molar-refractivity contribution >= 4 is 34.6 Å². The van der Waals surface area contributed by atoms with Gasteiger partial charge in [-0.05, 0) is 26.8 Å². The third-order valence-electron chi connectivity index (χ3n) is 2.31. The molecule has 0 bridgehead atoms. The summed E-state index contributed by atoms with van der Waals surface area (Å²) in [5, 5.41) is 9.09. The van der Waals surface area contributed by atoms with E-state index < -0.39 is 22.1 Å². The summed E-state index contributed by atoms with van der Waals surface area (Å²) in [5.41, 5.74) is 0.950. The van der Waals surface area contributed by atoms with E-state index in [0.717, 1.165) is 0 Å². The highest BCUT2D eigenvalue weighted by atomic mass is 35.5. The molecule has 0 aliphatic carbocycles. The van der Waals surface area contributed by atoms with Crippen LogP contribution in [0, 0.1) is 0 Å². The van der Waals surface area contributed by atoms with Crippen LogP contribution in [0.15, 0.2) is 12.3 Å². The molecule has 1 unspecified atom stereocenters. The van der Waals surface area contributed by atoms with E-state index in [2.05, 4.69) is 9.71 Å². The molecule has 1 heterocycles. The summed E-state index contributed by atoms with van der Waals surface area (Å²) in [7, 11) is 0. The number of anilines is 1. The average molecular weight is 305 g/mol. The van der Waals surface area contributed by atoms with Gasteiger partial charge in [-0.15, -0.1) is 0 Å². The minimum Gasteiger partial charge on any atom is -0.593 e. The predicted molar refractivity (Wildman–Crippen MR) is 76.7 cm³/mol. The van der Waals surface area contributed by atoms with Crippen LogP contribution >= 0.6 is 11.6 Å². The summed E-state index contributed by atoms with van der Waals surface area (Å²) < 4.78 is 14.4. The van der Waals surface area contributed by atoms with Crippen LogP contribution in [0.1, 0.15) is 32.9 Å². The first-order valence-corrected chi connectivity index (χ1v) is 7.28. The van der Waals surface area contributed by atoms with Crippen LogP contribution in [0.4, 0.5) is 5.69 Å². The Morgan fingerprint density at radius 3 is 2.74 bits per heavy atom. The lowest BCUT2D eigenvalue weighted by Gasteiger charge is -2.25. The van der Waals surface area contributed by atoms with Crippen LogP contribution in [0.2, 0.25) is 5.02 Å². The molecule has 0 aromatic carbocycles. The van der Waals surface area contributed by atoms with Crippen LogP contribution in [-0.2, 0) is 22.6 Å². The van der Waals surface area contributed by atoms with E-state index in [4.69, 9.17) is 16.7 Å². The monoisotopic (exact) mass is 304 g/mol. The zero-order valence-electron chi connectivity index (χ0n) is 11.1. The third kappa shape index (κ3) is 4.89. The highest BCUT2D eigenvalue weighted by Gasteiger charge is 2.28. The summed E-state index contributed by atoms with van der Waals surface area (Å²) in [4.78, 5) is 14.7. The number of carboxylic acids is 1. The van der Waals surface area contributed by atoms with E-state index in [1.807, 2.05) is 20.8 Å². The highest BCUT2D eigenvalue weighted by Crippen LogP contribution is 2.29. The van der Waals surface area contributed by atoms with Gasteiger partial charge in [-0.2, -0.15) is 0 Å². The van der Waals surface area contributed by atoms with Crippen molar-refractivity contribution in [1.29, 1.82) is 0 Å². The molecule has 0 saturated carbocycles. The molecule has 106 valence electrons. The first kappa shape index (κ1) is 16.1. The largest absolute Gasteiger partial charge is 0.593 e. The summed E-state index contributed by atoms with van der Waals surface area (Å²) in [6.07, 6.45) is 1.69. The van der Waals surface area contributed by atoms with Crippen molar-refractivity contribution < 1.29 is 14.5 Å². The number of pyridine rings is 1. The molecule has 0 amide bonds. The standard InChI is InChI=1S/C12H17ClN2O3S/c1-12(2,3)19(18)15-11-8(13)6-7-14-9(11)4-5-10(16)17/h6-7,15H,4-5H2,1-3H3,(H,16,17). The van der Waals surface area contributed by atoms with E-state index in [-0.39, 0.29) is 12.8 Å². The fraction of sp³-hybridized carbons (Fsp3) is 0.500. The number of aromatic nitrogens is 1. The SMILES string of the molecule is CC(C)(C)[S+]([O-])Nc1c(Cl)ccnc1CCC(=O)O. The maximum absolute atomic E-state index is 12.1. The maximum atomic E-state index is 12.1. The van der Waals surface area contributed by atoms with Crippen molar-refractivity contribution in [3.8, 4) is 0 Å². The van der Waals surface area contributed by atoms with Crippen molar-refractivity contribution in [1.82, 2.24) is 4.98 Å². The maximum Gasteiger partial charge on any atom is 0.303 e. The number of carbonyl (C=O) groups is 1. The topological polar surface area (TPSA) is 85.3 Å². The van der Waals surface area contributed by atoms with E-state index in [9.17, 15) is 9.35 Å². The number of aliphatic carboxylic acids is 1. The molecule has 0 fully saturated rings. The van der Waals surface area contributed by atoms with Crippen molar-refractivity contribution in [2.75, 3.05) is 4.72 Å². The second kappa shape index (κ2) is 6.45. The van der Waals surface area contributed by atoms with Gasteiger partial charge in [-0.25, -0.2) is 4.72 Å². The molecule has 2 N–H and O–H groups in total. The number of carboxylic acid groups (broad SMARTS) is 1. The Hall–Kier alpha value is -0.980. The van der Waals surface area contributed by atoms with E-state index in [1.54, 1.807) is 6.07 Å². The lowest BCUT2D eigenvalue weighted by molar-refractivity contribution is -0.136. The van der Waals surface area contributed by atoms with Crippen LogP contribution in [0.3, 0.4) is 0 Å². The highest BCUT2D eigenvalue weighted by molar-refractivity contribution is 7.94. The van der Waals surface area contributed by atoms with Gasteiger partial charge in [0.2, 0.25) is 0 Å². The molecule has 19 heavy (non-hydrogen) atoms. The Bertz CT molecular complexity index is 463. The number of halogens is 1. The minimum absolute atomic E-state index is 0.0514. The smallest absolute Gasteiger partial charge is 0.303 e. The zero-order chi connectivity index (χ0) is 14.6. The third-order valence-corrected chi connectivity index (χ3v) is 4.12. The summed E-state index contributed by atoms with van der Waals surface area (Å²) in [6.45, 7) is 5.49. The van der Waals surface area contributed by atoms with Gasteiger partial charge in [-0.3, -0.25) is 9.78 Å². The van der Waals surface area contributed by atoms with Crippen LogP contribution in [-0.4, -0.2) is 25.4 Å².